The Hall–Kier alpha value is -3.41. The lowest BCUT2D eigenvalue weighted by Gasteiger charge is -2.52. The van der Waals surface area contributed by atoms with Crippen LogP contribution >= 0.6 is 0 Å². The van der Waals surface area contributed by atoms with Gasteiger partial charge in [0.25, 0.3) is 5.91 Å². The van der Waals surface area contributed by atoms with Crippen LogP contribution in [-0.4, -0.2) is 93.8 Å². The molecule has 1 amide bonds. The average molecular weight is 473 g/mol. The van der Waals surface area contributed by atoms with E-state index in [0.29, 0.717) is 11.3 Å². The molecule has 11 heteroatoms. The minimum atomic E-state index is -2.90. The van der Waals surface area contributed by atoms with Crippen LogP contribution in [0.1, 0.15) is 11.1 Å². The number of fused-ring (bicyclic) bond motifs is 3. The van der Waals surface area contributed by atoms with E-state index in [1.54, 1.807) is 25.1 Å². The molecule has 0 saturated heterocycles. The fourth-order valence-electron chi connectivity index (χ4n) is 5.66. The SMILES string of the molecule is CN(C)c1ccc(O)c2c1CC1C(=C2O)C(=O)C2(O)C(O)=C(C(N)=O)C(=O)C(N(C)C)C2C1O. The van der Waals surface area contributed by atoms with Crippen molar-refractivity contribution in [3.63, 3.8) is 0 Å². The highest BCUT2D eigenvalue weighted by molar-refractivity contribution is 6.24. The maximum Gasteiger partial charge on any atom is 0.255 e. The van der Waals surface area contributed by atoms with Gasteiger partial charge in [-0.3, -0.25) is 19.3 Å². The zero-order valence-electron chi connectivity index (χ0n) is 19.1. The topological polar surface area (TPSA) is 185 Å². The van der Waals surface area contributed by atoms with Gasteiger partial charge in [0, 0.05) is 31.3 Å². The quantitative estimate of drug-likeness (QED) is 0.298. The number of carbonyl (C=O) groups excluding carboxylic acids is 3. The van der Waals surface area contributed by atoms with Crippen molar-refractivity contribution in [1.29, 1.82) is 0 Å². The predicted octanol–water partition coefficient (Wildman–Crippen LogP) is -0.999. The Morgan fingerprint density at radius 1 is 1.12 bits per heavy atom. The highest BCUT2D eigenvalue weighted by atomic mass is 16.4. The van der Waals surface area contributed by atoms with Crippen molar-refractivity contribution >= 4 is 28.9 Å². The Morgan fingerprint density at radius 3 is 2.26 bits per heavy atom. The lowest BCUT2D eigenvalue weighted by molar-refractivity contribution is -0.168. The lowest BCUT2D eigenvalue weighted by atomic mass is 9.56. The van der Waals surface area contributed by atoms with Crippen molar-refractivity contribution in [2.45, 2.75) is 24.2 Å². The van der Waals surface area contributed by atoms with Crippen LogP contribution in [0.15, 0.2) is 29.0 Å². The number of aliphatic hydroxyl groups excluding tert-OH is 3. The zero-order chi connectivity index (χ0) is 25.4. The number of phenolic OH excluding ortho intramolecular Hbond substituents is 1. The van der Waals surface area contributed by atoms with Gasteiger partial charge < -0.3 is 36.2 Å². The highest BCUT2D eigenvalue weighted by Gasteiger charge is 2.67. The van der Waals surface area contributed by atoms with Crippen LogP contribution in [0.25, 0.3) is 5.76 Å². The molecule has 1 saturated carbocycles. The van der Waals surface area contributed by atoms with Crippen molar-refractivity contribution in [2.75, 3.05) is 33.1 Å². The van der Waals surface area contributed by atoms with E-state index in [2.05, 4.69) is 0 Å². The number of carbonyl (C=O) groups is 3. The molecule has 0 aromatic heterocycles. The number of Topliss-reactive ketones (excluding diaryl/α,β-unsaturated/α-hetero) is 2. The lowest BCUT2D eigenvalue weighted by Crippen LogP contribution is -2.70. The number of rotatable bonds is 3. The van der Waals surface area contributed by atoms with E-state index in [9.17, 15) is 39.9 Å². The summed E-state index contributed by atoms with van der Waals surface area (Å²) in [7, 11) is 6.42. The first-order valence-electron chi connectivity index (χ1n) is 10.6. The minimum absolute atomic E-state index is 0.00236. The van der Waals surface area contributed by atoms with Gasteiger partial charge in [0.05, 0.1) is 23.6 Å². The van der Waals surface area contributed by atoms with Crippen LogP contribution < -0.4 is 10.6 Å². The fourth-order valence-corrected chi connectivity index (χ4v) is 5.66. The highest BCUT2D eigenvalue weighted by Crippen LogP contribution is 2.53. The second kappa shape index (κ2) is 7.55. The molecule has 182 valence electrons. The number of aromatic hydroxyl groups is 1. The molecule has 0 radical (unpaired) electrons. The molecule has 34 heavy (non-hydrogen) atoms. The number of hydrogen-bond acceptors (Lipinski definition) is 10. The Labute approximate surface area is 195 Å². The molecule has 1 aromatic carbocycles. The Balaban J connectivity index is 2.04. The average Bonchev–Trinajstić information content (AvgIpc) is 2.73. The van der Waals surface area contributed by atoms with E-state index in [4.69, 9.17) is 5.73 Å². The van der Waals surface area contributed by atoms with Gasteiger partial charge in [-0.05, 0) is 38.2 Å². The van der Waals surface area contributed by atoms with Crippen molar-refractivity contribution in [3.05, 3.63) is 40.2 Å². The van der Waals surface area contributed by atoms with Crippen LogP contribution in [-0.2, 0) is 20.8 Å². The van der Waals surface area contributed by atoms with Crippen LogP contribution in [0.2, 0.25) is 0 Å². The predicted molar refractivity (Wildman–Crippen MR) is 120 cm³/mol. The second-order valence-corrected chi connectivity index (χ2v) is 9.40. The molecule has 3 aliphatic carbocycles. The van der Waals surface area contributed by atoms with Gasteiger partial charge in [-0.2, -0.15) is 0 Å². The van der Waals surface area contributed by atoms with E-state index in [1.807, 2.05) is 0 Å². The number of nitrogens with zero attached hydrogens (tertiary/aromatic N) is 2. The standard InChI is InChI=1S/C23H27N3O8/c1-25(2)10-5-6-11(27)12-8(10)7-9-13(18(12)29)20(31)23(34)15(17(9)28)16(26(3)4)19(30)14(21(23)32)22(24)33/h5-6,9,15-17,27-29,32,34H,7H2,1-4H3,(H2,24,33). The number of likely N-dealkylation sites (N-methyl/N-ethyl adjacent to an activating group) is 1. The Morgan fingerprint density at radius 2 is 1.74 bits per heavy atom. The van der Waals surface area contributed by atoms with Crippen molar-refractivity contribution in [2.24, 2.45) is 17.6 Å². The number of nitrogens with two attached hydrogens (primary N) is 1. The largest absolute Gasteiger partial charge is 0.508 e. The molecule has 5 unspecified atom stereocenters. The fraction of sp³-hybridized carbons (Fsp3) is 0.435. The van der Waals surface area contributed by atoms with E-state index in [1.165, 1.54) is 25.1 Å². The molecule has 7 N–H and O–H groups in total. The number of benzene rings is 1. The Kier molecular flexibility index (Phi) is 5.27. The third-order valence-electron chi connectivity index (χ3n) is 7.14. The second-order valence-electron chi connectivity index (χ2n) is 9.40. The molecular weight excluding hydrogens is 446 g/mol. The molecule has 0 bridgehead atoms. The van der Waals surface area contributed by atoms with Crippen LogP contribution in [0.3, 0.4) is 0 Å². The van der Waals surface area contributed by atoms with Gasteiger partial charge in [0.1, 0.15) is 22.8 Å². The summed E-state index contributed by atoms with van der Waals surface area (Å²) in [6.45, 7) is 0. The first-order chi connectivity index (χ1) is 15.8. The molecule has 1 aromatic rings. The van der Waals surface area contributed by atoms with Gasteiger partial charge in [-0.15, -0.1) is 0 Å². The van der Waals surface area contributed by atoms with Crippen molar-refractivity contribution in [1.82, 2.24) is 4.90 Å². The number of hydrogen-bond donors (Lipinski definition) is 6. The molecule has 0 heterocycles. The van der Waals surface area contributed by atoms with E-state index in [-0.39, 0.29) is 17.7 Å². The number of anilines is 1. The first-order valence-corrected chi connectivity index (χ1v) is 10.6. The first kappa shape index (κ1) is 23.7. The summed E-state index contributed by atoms with van der Waals surface area (Å²) < 4.78 is 0. The molecule has 0 aliphatic heterocycles. The van der Waals surface area contributed by atoms with Crippen molar-refractivity contribution < 1.29 is 39.9 Å². The molecule has 1 fully saturated rings. The summed E-state index contributed by atoms with van der Waals surface area (Å²) in [6, 6.07) is 1.60. The van der Waals surface area contributed by atoms with Gasteiger partial charge in [0.15, 0.2) is 11.4 Å². The van der Waals surface area contributed by atoms with Crippen LogP contribution in [0, 0.1) is 11.8 Å². The van der Waals surface area contributed by atoms with Gasteiger partial charge in [0.2, 0.25) is 5.78 Å². The number of aliphatic hydroxyl groups is 4. The smallest absolute Gasteiger partial charge is 0.255 e. The van der Waals surface area contributed by atoms with Crippen molar-refractivity contribution in [3.8, 4) is 5.75 Å². The summed E-state index contributed by atoms with van der Waals surface area (Å²) in [5, 5.41) is 55.4. The van der Waals surface area contributed by atoms with E-state index in [0.717, 1.165) is 0 Å². The number of ketones is 2. The number of amides is 1. The molecule has 3 aliphatic rings. The maximum atomic E-state index is 13.7. The third-order valence-corrected chi connectivity index (χ3v) is 7.14. The summed E-state index contributed by atoms with van der Waals surface area (Å²) in [4.78, 5) is 41.9. The molecule has 0 spiro atoms. The van der Waals surface area contributed by atoms with Gasteiger partial charge >= 0.3 is 0 Å². The van der Waals surface area contributed by atoms with Gasteiger partial charge in [-0.25, -0.2) is 0 Å². The van der Waals surface area contributed by atoms with E-state index >= 15 is 0 Å². The number of primary amides is 1. The van der Waals surface area contributed by atoms with Gasteiger partial charge in [-0.1, -0.05) is 0 Å². The molecule has 5 atom stereocenters. The number of phenols is 1. The normalized spacial score (nSPS) is 30.8. The zero-order valence-corrected chi connectivity index (χ0v) is 19.1. The maximum absolute atomic E-state index is 13.7. The van der Waals surface area contributed by atoms with Crippen LogP contribution in [0.5, 0.6) is 5.75 Å². The summed E-state index contributed by atoms with van der Waals surface area (Å²) in [6.07, 6.45) is -1.60. The minimum Gasteiger partial charge on any atom is -0.508 e. The molecule has 11 nitrogen and oxygen atoms in total. The summed E-state index contributed by atoms with van der Waals surface area (Å²) in [5.74, 6) is -8.31. The Bertz CT molecular complexity index is 1200. The summed E-state index contributed by atoms with van der Waals surface area (Å²) in [5.41, 5.74) is 2.09. The monoisotopic (exact) mass is 473 g/mol. The summed E-state index contributed by atoms with van der Waals surface area (Å²) >= 11 is 0. The van der Waals surface area contributed by atoms with Crippen LogP contribution in [0.4, 0.5) is 5.69 Å². The molecular formula is C23H27N3O8. The third kappa shape index (κ3) is 2.84. The molecule has 4 rings (SSSR count). The van der Waals surface area contributed by atoms with E-state index < -0.39 is 69.7 Å².